The van der Waals surface area contributed by atoms with Gasteiger partial charge >= 0.3 is 0 Å². The molecular weight excluding hydrogens is 324 g/mol. The van der Waals surface area contributed by atoms with Gasteiger partial charge in [0.15, 0.2) is 0 Å². The highest BCUT2D eigenvalue weighted by Crippen LogP contribution is 2.25. The summed E-state index contributed by atoms with van der Waals surface area (Å²) in [4.78, 5) is 26.9. The van der Waals surface area contributed by atoms with Gasteiger partial charge in [-0.05, 0) is 37.0 Å². The molecule has 1 aliphatic heterocycles. The van der Waals surface area contributed by atoms with Crippen LogP contribution in [0.5, 0.6) is 0 Å². The van der Waals surface area contributed by atoms with Gasteiger partial charge in [0.2, 0.25) is 11.8 Å². The van der Waals surface area contributed by atoms with Gasteiger partial charge in [-0.15, -0.1) is 0 Å². The number of hydrogen-bond donors (Lipinski definition) is 1. The Morgan fingerprint density at radius 2 is 1.88 bits per heavy atom. The first-order valence-corrected chi connectivity index (χ1v) is 9.20. The highest BCUT2D eigenvalue weighted by atomic mass is 16.2. The number of nitrogens with one attached hydrogen (secondary N) is 1. The number of hydrogen-bond acceptors (Lipinski definition) is 2. The van der Waals surface area contributed by atoms with E-state index in [2.05, 4.69) is 12.2 Å². The molecule has 2 amide bonds. The summed E-state index contributed by atoms with van der Waals surface area (Å²) in [7, 11) is 0. The summed E-state index contributed by atoms with van der Waals surface area (Å²) in [6.07, 6.45) is 1.14. The van der Waals surface area contributed by atoms with Crippen LogP contribution in [-0.2, 0) is 22.6 Å². The minimum atomic E-state index is -0.294. The van der Waals surface area contributed by atoms with Gasteiger partial charge in [0.05, 0.1) is 5.92 Å². The van der Waals surface area contributed by atoms with Crippen LogP contribution in [0, 0.1) is 19.8 Å². The van der Waals surface area contributed by atoms with Gasteiger partial charge in [0, 0.05) is 25.2 Å². The highest BCUT2D eigenvalue weighted by Gasteiger charge is 2.34. The fourth-order valence-corrected chi connectivity index (χ4v) is 3.44. The Labute approximate surface area is 155 Å². The summed E-state index contributed by atoms with van der Waals surface area (Å²) in [5.74, 6) is -0.308. The zero-order valence-electron chi connectivity index (χ0n) is 15.7. The Kier molecular flexibility index (Phi) is 5.40. The Morgan fingerprint density at radius 1 is 1.15 bits per heavy atom. The summed E-state index contributed by atoms with van der Waals surface area (Å²) in [6.45, 7) is 7.16. The van der Waals surface area contributed by atoms with Crippen LogP contribution in [-0.4, -0.2) is 23.3 Å². The first kappa shape index (κ1) is 18.2. The first-order chi connectivity index (χ1) is 12.5. The van der Waals surface area contributed by atoms with Gasteiger partial charge < -0.3 is 10.2 Å². The molecule has 26 heavy (non-hydrogen) atoms. The van der Waals surface area contributed by atoms with Crippen LogP contribution < -0.4 is 5.32 Å². The van der Waals surface area contributed by atoms with Crippen LogP contribution in [0.25, 0.3) is 0 Å². The van der Waals surface area contributed by atoms with Gasteiger partial charge in [0.1, 0.15) is 0 Å². The molecule has 0 bridgehead atoms. The molecule has 1 saturated heterocycles. The number of carbonyl (C=O) groups excluding carboxylic acids is 2. The van der Waals surface area contributed by atoms with Crippen molar-refractivity contribution in [1.82, 2.24) is 4.90 Å². The van der Waals surface area contributed by atoms with E-state index in [0.29, 0.717) is 13.1 Å². The monoisotopic (exact) mass is 350 g/mol. The lowest BCUT2D eigenvalue weighted by atomic mass is 10.0. The molecule has 1 fully saturated rings. The van der Waals surface area contributed by atoms with Crippen LogP contribution in [0.1, 0.15) is 35.6 Å². The predicted molar refractivity (Wildman–Crippen MR) is 104 cm³/mol. The zero-order valence-corrected chi connectivity index (χ0v) is 15.7. The van der Waals surface area contributed by atoms with E-state index in [1.54, 1.807) is 4.90 Å². The van der Waals surface area contributed by atoms with E-state index in [1.807, 2.05) is 56.3 Å². The largest absolute Gasteiger partial charge is 0.338 e. The van der Waals surface area contributed by atoms with E-state index >= 15 is 0 Å². The van der Waals surface area contributed by atoms with Crippen molar-refractivity contribution in [1.29, 1.82) is 0 Å². The summed E-state index contributed by atoms with van der Waals surface area (Å²) < 4.78 is 0. The molecule has 1 aliphatic rings. The molecule has 0 radical (unpaired) electrons. The maximum Gasteiger partial charge on any atom is 0.229 e. The molecule has 2 aromatic rings. The SMILES string of the molecule is CCc1cccc(C)c1NC(=O)[C@@H]1CC(=O)N(Cc2ccc(C)cc2)C1. The fraction of sp³-hybridized carbons (Fsp3) is 0.364. The van der Waals surface area contributed by atoms with Crippen molar-refractivity contribution >= 4 is 17.5 Å². The van der Waals surface area contributed by atoms with Gasteiger partial charge in [-0.25, -0.2) is 0 Å². The molecule has 4 nitrogen and oxygen atoms in total. The standard InChI is InChI=1S/C22H26N2O2/c1-4-18-7-5-6-16(3)21(18)23-22(26)19-12-20(25)24(14-19)13-17-10-8-15(2)9-11-17/h5-11,19H,4,12-14H2,1-3H3,(H,23,26)/t19-/m1/s1. The molecule has 0 unspecified atom stereocenters. The van der Waals surface area contributed by atoms with Crippen molar-refractivity contribution in [3.63, 3.8) is 0 Å². The van der Waals surface area contributed by atoms with E-state index < -0.39 is 0 Å². The third-order valence-electron chi connectivity index (χ3n) is 5.07. The summed E-state index contributed by atoms with van der Waals surface area (Å²) in [5.41, 5.74) is 5.36. The lowest BCUT2D eigenvalue weighted by Gasteiger charge is -2.18. The second-order valence-corrected chi connectivity index (χ2v) is 7.11. The molecule has 1 heterocycles. The molecule has 0 aromatic heterocycles. The van der Waals surface area contributed by atoms with E-state index in [9.17, 15) is 9.59 Å². The maximum absolute atomic E-state index is 12.7. The van der Waals surface area contributed by atoms with E-state index in [0.717, 1.165) is 28.8 Å². The minimum Gasteiger partial charge on any atom is -0.338 e. The fourth-order valence-electron chi connectivity index (χ4n) is 3.44. The molecule has 0 aliphatic carbocycles. The third-order valence-corrected chi connectivity index (χ3v) is 5.07. The molecule has 1 N–H and O–H groups in total. The number of para-hydroxylation sites is 1. The number of benzene rings is 2. The van der Waals surface area contributed by atoms with E-state index in [1.165, 1.54) is 5.56 Å². The number of aryl methyl sites for hydroxylation is 3. The Morgan fingerprint density at radius 3 is 2.58 bits per heavy atom. The van der Waals surface area contributed by atoms with Crippen molar-refractivity contribution in [2.75, 3.05) is 11.9 Å². The van der Waals surface area contributed by atoms with Gasteiger partial charge in [0.25, 0.3) is 0 Å². The third kappa shape index (κ3) is 3.96. The van der Waals surface area contributed by atoms with Gasteiger partial charge in [-0.2, -0.15) is 0 Å². The van der Waals surface area contributed by atoms with Gasteiger partial charge in [-0.3, -0.25) is 9.59 Å². The van der Waals surface area contributed by atoms with Crippen LogP contribution in [0.2, 0.25) is 0 Å². The van der Waals surface area contributed by atoms with E-state index in [4.69, 9.17) is 0 Å². The van der Waals surface area contributed by atoms with Gasteiger partial charge in [-0.1, -0.05) is 55.0 Å². The topological polar surface area (TPSA) is 49.4 Å². The number of nitrogens with zero attached hydrogens (tertiary/aromatic N) is 1. The number of anilines is 1. The average molecular weight is 350 g/mol. The van der Waals surface area contributed by atoms with Crippen LogP contribution in [0.15, 0.2) is 42.5 Å². The van der Waals surface area contributed by atoms with Crippen molar-refractivity contribution in [3.05, 3.63) is 64.7 Å². The quantitative estimate of drug-likeness (QED) is 0.890. The second kappa shape index (κ2) is 7.73. The molecular formula is C22H26N2O2. The number of amides is 2. The minimum absolute atomic E-state index is 0.0474. The molecule has 136 valence electrons. The van der Waals surface area contributed by atoms with Crippen LogP contribution >= 0.6 is 0 Å². The predicted octanol–water partition coefficient (Wildman–Crippen LogP) is 3.85. The molecule has 3 rings (SSSR count). The number of carbonyl (C=O) groups is 2. The molecule has 2 aromatic carbocycles. The Balaban J connectivity index is 1.66. The van der Waals surface area contributed by atoms with Crippen molar-refractivity contribution in [2.45, 2.75) is 40.2 Å². The summed E-state index contributed by atoms with van der Waals surface area (Å²) in [5, 5.41) is 3.07. The molecule has 4 heteroatoms. The summed E-state index contributed by atoms with van der Waals surface area (Å²) >= 11 is 0. The van der Waals surface area contributed by atoms with Crippen LogP contribution in [0.3, 0.4) is 0 Å². The Hall–Kier alpha value is -2.62. The normalized spacial score (nSPS) is 16.8. The molecule has 0 spiro atoms. The zero-order chi connectivity index (χ0) is 18.7. The number of rotatable bonds is 5. The Bertz CT molecular complexity index is 811. The highest BCUT2D eigenvalue weighted by molar-refractivity contribution is 5.98. The molecule has 0 saturated carbocycles. The number of likely N-dealkylation sites (tertiary alicyclic amines) is 1. The lowest BCUT2D eigenvalue weighted by Crippen LogP contribution is -2.28. The smallest absolute Gasteiger partial charge is 0.229 e. The van der Waals surface area contributed by atoms with Crippen LogP contribution in [0.4, 0.5) is 5.69 Å². The summed E-state index contributed by atoms with van der Waals surface area (Å²) in [6, 6.07) is 14.2. The average Bonchev–Trinajstić information content (AvgIpc) is 2.99. The van der Waals surface area contributed by atoms with Crippen molar-refractivity contribution in [2.24, 2.45) is 5.92 Å². The second-order valence-electron chi connectivity index (χ2n) is 7.11. The van der Waals surface area contributed by atoms with Crippen molar-refractivity contribution in [3.8, 4) is 0 Å². The molecule has 1 atom stereocenters. The maximum atomic E-state index is 12.7. The van der Waals surface area contributed by atoms with Crippen molar-refractivity contribution < 1.29 is 9.59 Å². The lowest BCUT2D eigenvalue weighted by molar-refractivity contribution is -0.128. The first-order valence-electron chi connectivity index (χ1n) is 9.20. The van der Waals surface area contributed by atoms with E-state index in [-0.39, 0.29) is 24.2 Å².